The standard InChI is InChI=1S/C13H28S2/c1-5-7-8-12(6-2)11-13(15-4)9-10-14-3/h12-13H,5-11H2,1-4H3. The van der Waals surface area contributed by atoms with Crippen molar-refractivity contribution in [2.75, 3.05) is 18.3 Å². The first-order valence-electron chi connectivity index (χ1n) is 6.30. The number of thioether (sulfide) groups is 2. The third-order valence-electron chi connectivity index (χ3n) is 3.12. The zero-order chi connectivity index (χ0) is 11.5. The van der Waals surface area contributed by atoms with Gasteiger partial charge in [0, 0.05) is 5.25 Å². The molecule has 0 aliphatic heterocycles. The van der Waals surface area contributed by atoms with Crippen LogP contribution in [0.15, 0.2) is 0 Å². The maximum absolute atomic E-state index is 2.35. The first-order chi connectivity index (χ1) is 7.28. The SMILES string of the molecule is CCCCC(CC)CC(CCSC)SC. The van der Waals surface area contributed by atoms with Crippen molar-refractivity contribution in [3.63, 3.8) is 0 Å². The minimum Gasteiger partial charge on any atom is -0.165 e. The van der Waals surface area contributed by atoms with Gasteiger partial charge in [-0.15, -0.1) is 0 Å². The summed E-state index contributed by atoms with van der Waals surface area (Å²) in [6.07, 6.45) is 12.9. The summed E-state index contributed by atoms with van der Waals surface area (Å²) in [5.41, 5.74) is 0. The number of hydrogen-bond donors (Lipinski definition) is 0. The molecule has 0 aromatic carbocycles. The van der Waals surface area contributed by atoms with Crippen molar-refractivity contribution in [3.05, 3.63) is 0 Å². The van der Waals surface area contributed by atoms with Gasteiger partial charge in [-0.2, -0.15) is 23.5 Å². The Bertz CT molecular complexity index is 112. The van der Waals surface area contributed by atoms with E-state index in [1.807, 2.05) is 11.8 Å². The Kier molecular flexibility index (Phi) is 11.7. The molecule has 0 rings (SSSR count). The van der Waals surface area contributed by atoms with E-state index in [-0.39, 0.29) is 0 Å². The molecule has 0 saturated carbocycles. The van der Waals surface area contributed by atoms with E-state index in [1.165, 1.54) is 44.3 Å². The van der Waals surface area contributed by atoms with Gasteiger partial charge in [0.05, 0.1) is 0 Å². The van der Waals surface area contributed by atoms with Crippen molar-refractivity contribution in [1.82, 2.24) is 0 Å². The molecule has 2 unspecified atom stereocenters. The Morgan fingerprint density at radius 2 is 1.80 bits per heavy atom. The lowest BCUT2D eigenvalue weighted by atomic mass is 9.93. The first-order valence-corrected chi connectivity index (χ1v) is 8.98. The molecule has 0 amide bonds. The third-order valence-corrected chi connectivity index (χ3v) is 4.86. The van der Waals surface area contributed by atoms with E-state index in [1.54, 1.807) is 0 Å². The number of hydrogen-bond acceptors (Lipinski definition) is 2. The highest BCUT2D eigenvalue weighted by Crippen LogP contribution is 2.26. The Morgan fingerprint density at radius 3 is 2.27 bits per heavy atom. The second-order valence-corrected chi connectivity index (χ2v) is 6.42. The highest BCUT2D eigenvalue weighted by atomic mass is 32.2. The molecule has 2 atom stereocenters. The van der Waals surface area contributed by atoms with E-state index in [0.717, 1.165) is 11.2 Å². The second kappa shape index (κ2) is 11.2. The van der Waals surface area contributed by atoms with Gasteiger partial charge in [0.2, 0.25) is 0 Å². The Hall–Kier alpha value is 0.700. The normalized spacial score (nSPS) is 15.2. The van der Waals surface area contributed by atoms with Gasteiger partial charge < -0.3 is 0 Å². The third kappa shape index (κ3) is 8.50. The minimum absolute atomic E-state index is 0.902. The van der Waals surface area contributed by atoms with Gasteiger partial charge in [-0.1, -0.05) is 39.5 Å². The summed E-state index contributed by atoms with van der Waals surface area (Å²) >= 11 is 4.06. The van der Waals surface area contributed by atoms with Gasteiger partial charge in [0.25, 0.3) is 0 Å². The van der Waals surface area contributed by atoms with E-state index >= 15 is 0 Å². The van der Waals surface area contributed by atoms with Crippen LogP contribution in [0, 0.1) is 5.92 Å². The monoisotopic (exact) mass is 248 g/mol. The van der Waals surface area contributed by atoms with Crippen LogP contribution in [0.5, 0.6) is 0 Å². The maximum Gasteiger partial charge on any atom is 0.00547 e. The maximum atomic E-state index is 2.35. The largest absolute Gasteiger partial charge is 0.165 e. The number of unbranched alkanes of at least 4 members (excludes halogenated alkanes) is 1. The molecule has 0 radical (unpaired) electrons. The van der Waals surface area contributed by atoms with Crippen LogP contribution >= 0.6 is 23.5 Å². The lowest BCUT2D eigenvalue weighted by Gasteiger charge is -2.21. The van der Waals surface area contributed by atoms with Crippen LogP contribution in [0.1, 0.15) is 52.4 Å². The van der Waals surface area contributed by atoms with Crippen LogP contribution in [0.3, 0.4) is 0 Å². The molecular weight excluding hydrogens is 220 g/mol. The molecule has 0 aliphatic rings. The lowest BCUT2D eigenvalue weighted by molar-refractivity contribution is 0.414. The predicted octanol–water partition coefficient (Wildman–Crippen LogP) is 5.08. The van der Waals surface area contributed by atoms with Crippen LogP contribution in [0.4, 0.5) is 0 Å². The fraction of sp³-hybridized carbons (Fsp3) is 1.00. The van der Waals surface area contributed by atoms with Crippen LogP contribution in [-0.2, 0) is 0 Å². The van der Waals surface area contributed by atoms with E-state index < -0.39 is 0 Å². The summed E-state index contributed by atoms with van der Waals surface area (Å²) in [6.45, 7) is 4.65. The van der Waals surface area contributed by atoms with Crippen LogP contribution in [-0.4, -0.2) is 23.5 Å². The summed E-state index contributed by atoms with van der Waals surface area (Å²) in [4.78, 5) is 0. The Balaban J connectivity index is 3.77. The predicted molar refractivity (Wildman–Crippen MR) is 78.2 cm³/mol. The van der Waals surface area contributed by atoms with Gasteiger partial charge in [0.1, 0.15) is 0 Å². The molecule has 0 bridgehead atoms. The zero-order valence-electron chi connectivity index (χ0n) is 10.9. The summed E-state index contributed by atoms with van der Waals surface area (Å²) in [5.74, 6) is 2.31. The molecule has 0 heterocycles. The van der Waals surface area contributed by atoms with Crippen LogP contribution in [0.25, 0.3) is 0 Å². The molecule has 15 heavy (non-hydrogen) atoms. The molecule has 0 saturated heterocycles. The highest BCUT2D eigenvalue weighted by Gasteiger charge is 2.13. The topological polar surface area (TPSA) is 0 Å². The van der Waals surface area contributed by atoms with Crippen molar-refractivity contribution in [1.29, 1.82) is 0 Å². The van der Waals surface area contributed by atoms with Crippen molar-refractivity contribution in [3.8, 4) is 0 Å². The van der Waals surface area contributed by atoms with Crippen molar-refractivity contribution in [2.45, 2.75) is 57.6 Å². The molecule has 0 N–H and O–H groups in total. The molecule has 0 fully saturated rings. The molecule has 0 nitrogen and oxygen atoms in total. The summed E-state index contributed by atoms with van der Waals surface area (Å²) in [6, 6.07) is 0. The van der Waals surface area contributed by atoms with Gasteiger partial charge in [0.15, 0.2) is 0 Å². The van der Waals surface area contributed by atoms with Gasteiger partial charge in [-0.05, 0) is 37.0 Å². The van der Waals surface area contributed by atoms with E-state index in [4.69, 9.17) is 0 Å². The zero-order valence-corrected chi connectivity index (χ0v) is 12.6. The van der Waals surface area contributed by atoms with E-state index in [2.05, 4.69) is 38.1 Å². The highest BCUT2D eigenvalue weighted by molar-refractivity contribution is 7.99. The average Bonchev–Trinajstić information content (AvgIpc) is 2.28. The molecule has 0 aliphatic carbocycles. The molecule has 0 aromatic heterocycles. The van der Waals surface area contributed by atoms with Gasteiger partial charge >= 0.3 is 0 Å². The van der Waals surface area contributed by atoms with Crippen molar-refractivity contribution < 1.29 is 0 Å². The fourth-order valence-corrected chi connectivity index (χ4v) is 3.42. The van der Waals surface area contributed by atoms with Gasteiger partial charge in [-0.25, -0.2) is 0 Å². The van der Waals surface area contributed by atoms with Crippen LogP contribution < -0.4 is 0 Å². The molecule has 92 valence electrons. The quantitative estimate of drug-likeness (QED) is 0.529. The average molecular weight is 249 g/mol. The van der Waals surface area contributed by atoms with Crippen LogP contribution in [0.2, 0.25) is 0 Å². The Labute approximate surface area is 105 Å². The Morgan fingerprint density at radius 1 is 1.07 bits per heavy atom. The molecule has 0 aromatic rings. The van der Waals surface area contributed by atoms with E-state index in [0.29, 0.717) is 0 Å². The second-order valence-electron chi connectivity index (χ2n) is 4.29. The van der Waals surface area contributed by atoms with Gasteiger partial charge in [-0.3, -0.25) is 0 Å². The fourth-order valence-electron chi connectivity index (χ4n) is 1.93. The lowest BCUT2D eigenvalue weighted by Crippen LogP contribution is -2.11. The minimum atomic E-state index is 0.902. The summed E-state index contributed by atoms with van der Waals surface area (Å²) < 4.78 is 0. The van der Waals surface area contributed by atoms with E-state index in [9.17, 15) is 0 Å². The number of rotatable bonds is 10. The first kappa shape index (κ1) is 15.7. The van der Waals surface area contributed by atoms with Crippen molar-refractivity contribution >= 4 is 23.5 Å². The molecule has 0 spiro atoms. The molecular formula is C13H28S2. The van der Waals surface area contributed by atoms with Crippen molar-refractivity contribution in [2.24, 2.45) is 5.92 Å². The summed E-state index contributed by atoms with van der Waals surface area (Å²) in [5, 5.41) is 0.902. The summed E-state index contributed by atoms with van der Waals surface area (Å²) in [7, 11) is 0. The molecule has 2 heteroatoms. The smallest absolute Gasteiger partial charge is 0.00547 e.